The number of rotatable bonds is 6. The van der Waals surface area contributed by atoms with Crippen LogP contribution in [0.4, 0.5) is 11.5 Å². The third-order valence-corrected chi connectivity index (χ3v) is 3.61. The molecule has 5 nitrogen and oxygen atoms in total. The Labute approximate surface area is 143 Å². The van der Waals surface area contributed by atoms with Crippen LogP contribution in [0.1, 0.15) is 36.7 Å². The number of hydrogen-bond acceptors (Lipinski definition) is 4. The highest BCUT2D eigenvalue weighted by Crippen LogP contribution is 2.30. The predicted molar refractivity (Wildman–Crippen MR) is 96.9 cm³/mol. The highest BCUT2D eigenvalue weighted by molar-refractivity contribution is 5.94. The minimum absolute atomic E-state index is 0.0126. The summed E-state index contributed by atoms with van der Waals surface area (Å²) in [5.74, 6) is 0.507. The molecular weight excluding hydrogens is 302 g/mol. The lowest BCUT2D eigenvalue weighted by atomic mass is 9.86. The summed E-state index contributed by atoms with van der Waals surface area (Å²) in [5.41, 5.74) is 2.77. The maximum absolute atomic E-state index is 12.1. The first-order valence-electron chi connectivity index (χ1n) is 8.01. The standard InChI is InChI=1S/C19H25N3O2/c1-19(2,3)15-7-5-6-8-16(15)22-17-13-14(9-10-20-17)18(23)21-11-12-24-4/h5-10,13H,11-12H2,1-4H3,(H,20,22)(H,21,23). The molecule has 0 aliphatic rings. The van der Waals surface area contributed by atoms with Crippen LogP contribution in [-0.4, -0.2) is 31.2 Å². The number of amides is 1. The second kappa shape index (κ2) is 7.93. The molecule has 0 spiro atoms. The minimum atomic E-state index is -0.137. The Morgan fingerprint density at radius 1 is 1.21 bits per heavy atom. The van der Waals surface area contributed by atoms with Gasteiger partial charge in [0.2, 0.25) is 0 Å². The van der Waals surface area contributed by atoms with E-state index in [4.69, 9.17) is 4.74 Å². The molecule has 1 aromatic carbocycles. The Bertz CT molecular complexity index is 693. The molecular formula is C19H25N3O2. The highest BCUT2D eigenvalue weighted by Gasteiger charge is 2.17. The van der Waals surface area contributed by atoms with Gasteiger partial charge in [-0.3, -0.25) is 4.79 Å². The molecule has 1 amide bonds. The van der Waals surface area contributed by atoms with E-state index < -0.39 is 0 Å². The molecule has 1 heterocycles. The van der Waals surface area contributed by atoms with Crippen molar-refractivity contribution in [3.05, 3.63) is 53.7 Å². The van der Waals surface area contributed by atoms with Gasteiger partial charge in [-0.1, -0.05) is 39.0 Å². The van der Waals surface area contributed by atoms with Crippen molar-refractivity contribution in [3.8, 4) is 0 Å². The van der Waals surface area contributed by atoms with Crippen LogP contribution in [0.25, 0.3) is 0 Å². The van der Waals surface area contributed by atoms with Gasteiger partial charge in [0.25, 0.3) is 5.91 Å². The van der Waals surface area contributed by atoms with E-state index in [-0.39, 0.29) is 11.3 Å². The normalized spacial score (nSPS) is 11.2. The van der Waals surface area contributed by atoms with Gasteiger partial charge in [-0.15, -0.1) is 0 Å². The van der Waals surface area contributed by atoms with E-state index in [1.54, 1.807) is 25.4 Å². The average molecular weight is 327 g/mol. The smallest absolute Gasteiger partial charge is 0.251 e. The van der Waals surface area contributed by atoms with Gasteiger partial charge in [-0.25, -0.2) is 4.98 Å². The SMILES string of the molecule is COCCNC(=O)c1ccnc(Nc2ccccc2C(C)(C)C)c1. The summed E-state index contributed by atoms with van der Waals surface area (Å²) in [4.78, 5) is 16.4. The summed E-state index contributed by atoms with van der Waals surface area (Å²) in [7, 11) is 1.60. The molecule has 0 radical (unpaired) electrons. The molecule has 0 fully saturated rings. The van der Waals surface area contributed by atoms with Gasteiger partial charge in [0.1, 0.15) is 5.82 Å². The quantitative estimate of drug-likeness (QED) is 0.797. The van der Waals surface area contributed by atoms with Crippen molar-refractivity contribution < 1.29 is 9.53 Å². The molecule has 2 aromatic rings. The van der Waals surface area contributed by atoms with Crippen LogP contribution in [0.2, 0.25) is 0 Å². The number of ether oxygens (including phenoxy) is 1. The summed E-state index contributed by atoms with van der Waals surface area (Å²) in [6, 6.07) is 11.6. The fourth-order valence-corrected chi connectivity index (χ4v) is 2.39. The summed E-state index contributed by atoms with van der Waals surface area (Å²) >= 11 is 0. The van der Waals surface area contributed by atoms with Gasteiger partial charge in [0.05, 0.1) is 6.61 Å². The van der Waals surface area contributed by atoms with Gasteiger partial charge < -0.3 is 15.4 Å². The third kappa shape index (κ3) is 4.80. The lowest BCUT2D eigenvalue weighted by molar-refractivity contribution is 0.0937. The van der Waals surface area contributed by atoms with Gasteiger partial charge in [0.15, 0.2) is 0 Å². The van der Waals surface area contributed by atoms with E-state index in [0.717, 1.165) is 5.69 Å². The van der Waals surface area contributed by atoms with Gasteiger partial charge in [0, 0.05) is 31.1 Å². The van der Waals surface area contributed by atoms with Crippen LogP contribution in [0.15, 0.2) is 42.6 Å². The molecule has 0 aliphatic carbocycles. The molecule has 0 unspecified atom stereocenters. The van der Waals surface area contributed by atoms with Crippen molar-refractivity contribution >= 4 is 17.4 Å². The number of anilines is 2. The number of carbonyl (C=O) groups is 1. The summed E-state index contributed by atoms with van der Waals surface area (Å²) in [6.07, 6.45) is 1.63. The zero-order valence-electron chi connectivity index (χ0n) is 14.7. The van der Waals surface area contributed by atoms with E-state index >= 15 is 0 Å². The summed E-state index contributed by atoms with van der Waals surface area (Å²) in [6.45, 7) is 7.47. The maximum atomic E-state index is 12.1. The molecule has 2 N–H and O–H groups in total. The first kappa shape index (κ1) is 17.9. The van der Waals surface area contributed by atoms with Crippen molar-refractivity contribution in [2.75, 3.05) is 25.6 Å². The van der Waals surface area contributed by atoms with Crippen LogP contribution >= 0.6 is 0 Å². The topological polar surface area (TPSA) is 63.2 Å². The Kier molecular flexibility index (Phi) is 5.93. The average Bonchev–Trinajstić information content (AvgIpc) is 2.55. The molecule has 0 saturated heterocycles. The number of benzene rings is 1. The largest absolute Gasteiger partial charge is 0.383 e. The molecule has 0 saturated carbocycles. The third-order valence-electron chi connectivity index (χ3n) is 3.61. The Morgan fingerprint density at radius 3 is 2.67 bits per heavy atom. The molecule has 5 heteroatoms. The summed E-state index contributed by atoms with van der Waals surface area (Å²) in [5, 5.41) is 6.13. The number of hydrogen-bond donors (Lipinski definition) is 2. The first-order valence-corrected chi connectivity index (χ1v) is 8.01. The molecule has 0 aliphatic heterocycles. The van der Waals surface area contributed by atoms with E-state index in [1.165, 1.54) is 5.56 Å². The molecule has 0 atom stereocenters. The van der Waals surface area contributed by atoms with Crippen LogP contribution in [-0.2, 0) is 10.2 Å². The van der Waals surface area contributed by atoms with E-state index in [9.17, 15) is 4.79 Å². The molecule has 128 valence electrons. The van der Waals surface area contributed by atoms with Crippen LogP contribution in [0, 0.1) is 0 Å². The van der Waals surface area contributed by atoms with E-state index in [0.29, 0.717) is 24.5 Å². The second-order valence-electron chi connectivity index (χ2n) is 6.60. The second-order valence-corrected chi connectivity index (χ2v) is 6.60. The number of methoxy groups -OCH3 is 1. The van der Waals surface area contributed by atoms with Gasteiger partial charge in [-0.05, 0) is 29.2 Å². The first-order chi connectivity index (χ1) is 11.4. The fourth-order valence-electron chi connectivity index (χ4n) is 2.39. The van der Waals surface area contributed by atoms with E-state index in [1.807, 2.05) is 18.2 Å². The monoisotopic (exact) mass is 327 g/mol. The van der Waals surface area contributed by atoms with Crippen molar-refractivity contribution in [3.63, 3.8) is 0 Å². The Morgan fingerprint density at radius 2 is 1.96 bits per heavy atom. The number of carbonyl (C=O) groups excluding carboxylic acids is 1. The minimum Gasteiger partial charge on any atom is -0.383 e. The lowest BCUT2D eigenvalue weighted by Crippen LogP contribution is -2.27. The van der Waals surface area contributed by atoms with E-state index in [2.05, 4.69) is 42.5 Å². The number of nitrogens with one attached hydrogen (secondary N) is 2. The van der Waals surface area contributed by atoms with Gasteiger partial charge in [-0.2, -0.15) is 0 Å². The van der Waals surface area contributed by atoms with Crippen LogP contribution in [0.5, 0.6) is 0 Å². The Balaban J connectivity index is 2.17. The zero-order chi connectivity index (χ0) is 17.6. The highest BCUT2D eigenvalue weighted by atomic mass is 16.5. The summed E-state index contributed by atoms with van der Waals surface area (Å²) < 4.78 is 4.94. The van der Waals surface area contributed by atoms with Crippen molar-refractivity contribution in [2.45, 2.75) is 26.2 Å². The van der Waals surface area contributed by atoms with Crippen molar-refractivity contribution in [1.82, 2.24) is 10.3 Å². The zero-order valence-corrected chi connectivity index (χ0v) is 14.7. The van der Waals surface area contributed by atoms with Crippen LogP contribution in [0.3, 0.4) is 0 Å². The van der Waals surface area contributed by atoms with Crippen molar-refractivity contribution in [1.29, 1.82) is 0 Å². The molecule has 2 rings (SSSR count). The van der Waals surface area contributed by atoms with Crippen LogP contribution < -0.4 is 10.6 Å². The molecule has 24 heavy (non-hydrogen) atoms. The molecule has 1 aromatic heterocycles. The number of nitrogens with zero attached hydrogens (tertiary/aromatic N) is 1. The Hall–Kier alpha value is -2.40. The van der Waals surface area contributed by atoms with Crippen molar-refractivity contribution in [2.24, 2.45) is 0 Å². The predicted octanol–water partition coefficient (Wildman–Crippen LogP) is 3.50. The molecule has 0 bridgehead atoms. The maximum Gasteiger partial charge on any atom is 0.251 e. The number of aromatic nitrogens is 1. The lowest BCUT2D eigenvalue weighted by Gasteiger charge is -2.23. The number of pyridine rings is 1. The fraction of sp³-hybridized carbons (Fsp3) is 0.368. The van der Waals surface area contributed by atoms with Gasteiger partial charge >= 0.3 is 0 Å². The number of para-hydroxylation sites is 1.